The van der Waals surface area contributed by atoms with Gasteiger partial charge in [0, 0.05) is 12.0 Å². The summed E-state index contributed by atoms with van der Waals surface area (Å²) in [5.74, 6) is 0.413. The van der Waals surface area contributed by atoms with Gasteiger partial charge in [0.25, 0.3) is 0 Å². The maximum absolute atomic E-state index is 10.7. The molecule has 3 aromatic carbocycles. The van der Waals surface area contributed by atoms with Gasteiger partial charge in [0.1, 0.15) is 5.75 Å². The Balaban J connectivity index is 2.02. The first-order valence-electron chi connectivity index (χ1n) is 11.1. The average molecular weight is 387 g/mol. The van der Waals surface area contributed by atoms with Crippen molar-refractivity contribution < 1.29 is 5.11 Å². The SMILES string of the molecule is CCc1cccc(Cc2cccc(O)c2Cc2cccc(CC)c2CC)c1CC. The summed E-state index contributed by atoms with van der Waals surface area (Å²) in [5.41, 5.74) is 10.8. The summed E-state index contributed by atoms with van der Waals surface area (Å²) >= 11 is 0. The van der Waals surface area contributed by atoms with Crippen LogP contribution in [0.1, 0.15) is 72.2 Å². The van der Waals surface area contributed by atoms with E-state index < -0.39 is 0 Å². The van der Waals surface area contributed by atoms with Crippen LogP contribution in [-0.2, 0) is 38.5 Å². The minimum absolute atomic E-state index is 0.413. The number of phenolic OH excluding ortho intramolecular Hbond substituents is 1. The van der Waals surface area contributed by atoms with Gasteiger partial charge in [-0.05, 0) is 77.1 Å². The standard InChI is InChI=1S/C28H34O/c1-5-20-12-9-14-22(25(20)7-3)18-23-16-11-17-28(29)27(23)19-24-15-10-13-21(6-2)26(24)8-4/h9-17,29H,5-8,18-19H2,1-4H3. The maximum Gasteiger partial charge on any atom is 0.119 e. The Labute approximate surface area is 176 Å². The Morgan fingerprint density at radius 3 is 1.38 bits per heavy atom. The van der Waals surface area contributed by atoms with Gasteiger partial charge < -0.3 is 5.11 Å². The Hall–Kier alpha value is -2.54. The van der Waals surface area contributed by atoms with Gasteiger partial charge in [-0.3, -0.25) is 0 Å². The van der Waals surface area contributed by atoms with E-state index in [-0.39, 0.29) is 0 Å². The Kier molecular flexibility index (Phi) is 7.14. The number of phenols is 1. The lowest BCUT2D eigenvalue weighted by molar-refractivity contribution is 0.468. The van der Waals surface area contributed by atoms with E-state index in [9.17, 15) is 5.11 Å². The molecule has 0 aliphatic heterocycles. The topological polar surface area (TPSA) is 20.2 Å². The first kappa shape index (κ1) is 21.2. The normalized spacial score (nSPS) is 11.0. The van der Waals surface area contributed by atoms with E-state index in [1.807, 2.05) is 12.1 Å². The predicted molar refractivity (Wildman–Crippen MR) is 124 cm³/mol. The first-order chi connectivity index (χ1) is 14.1. The van der Waals surface area contributed by atoms with Crippen molar-refractivity contribution >= 4 is 0 Å². The van der Waals surface area contributed by atoms with E-state index in [4.69, 9.17) is 0 Å². The minimum atomic E-state index is 0.413. The predicted octanol–water partition coefficient (Wildman–Crippen LogP) is 6.82. The average Bonchev–Trinajstić information content (AvgIpc) is 2.75. The zero-order chi connectivity index (χ0) is 20.8. The van der Waals surface area contributed by atoms with Crippen molar-refractivity contribution in [2.75, 3.05) is 0 Å². The minimum Gasteiger partial charge on any atom is -0.508 e. The molecule has 0 unspecified atom stereocenters. The van der Waals surface area contributed by atoms with Gasteiger partial charge in [-0.15, -0.1) is 0 Å². The summed E-state index contributed by atoms with van der Waals surface area (Å²) < 4.78 is 0. The number of aromatic hydroxyl groups is 1. The summed E-state index contributed by atoms with van der Waals surface area (Å²) in [4.78, 5) is 0. The number of hydrogen-bond donors (Lipinski definition) is 1. The van der Waals surface area contributed by atoms with Gasteiger partial charge in [-0.2, -0.15) is 0 Å². The molecule has 0 bridgehead atoms. The molecule has 0 radical (unpaired) electrons. The van der Waals surface area contributed by atoms with Crippen molar-refractivity contribution in [2.24, 2.45) is 0 Å². The number of rotatable bonds is 8. The molecule has 29 heavy (non-hydrogen) atoms. The largest absolute Gasteiger partial charge is 0.508 e. The lowest BCUT2D eigenvalue weighted by Gasteiger charge is -2.18. The van der Waals surface area contributed by atoms with Crippen LogP contribution in [0.4, 0.5) is 0 Å². The third-order valence-electron chi connectivity index (χ3n) is 6.21. The number of benzene rings is 3. The highest BCUT2D eigenvalue weighted by molar-refractivity contribution is 5.48. The molecule has 0 aromatic heterocycles. The summed E-state index contributed by atoms with van der Waals surface area (Å²) in [6, 6.07) is 19.3. The van der Waals surface area contributed by atoms with Crippen LogP contribution >= 0.6 is 0 Å². The highest BCUT2D eigenvalue weighted by Crippen LogP contribution is 2.30. The molecule has 3 aromatic rings. The summed E-state index contributed by atoms with van der Waals surface area (Å²) in [5, 5.41) is 10.7. The van der Waals surface area contributed by atoms with Gasteiger partial charge >= 0.3 is 0 Å². The van der Waals surface area contributed by atoms with Crippen LogP contribution in [0.2, 0.25) is 0 Å². The summed E-state index contributed by atoms with van der Waals surface area (Å²) in [7, 11) is 0. The van der Waals surface area contributed by atoms with Crippen LogP contribution in [0.5, 0.6) is 5.75 Å². The number of aryl methyl sites for hydroxylation is 2. The molecular weight excluding hydrogens is 352 g/mol. The van der Waals surface area contributed by atoms with Crippen LogP contribution in [0, 0.1) is 0 Å². The second kappa shape index (κ2) is 9.78. The molecule has 0 saturated heterocycles. The van der Waals surface area contributed by atoms with Crippen molar-refractivity contribution in [3.05, 3.63) is 99.1 Å². The van der Waals surface area contributed by atoms with Crippen LogP contribution in [0.25, 0.3) is 0 Å². The van der Waals surface area contributed by atoms with E-state index in [2.05, 4.69) is 70.2 Å². The molecule has 0 atom stereocenters. The van der Waals surface area contributed by atoms with Crippen molar-refractivity contribution in [3.8, 4) is 5.75 Å². The Morgan fingerprint density at radius 2 is 0.897 bits per heavy atom. The second-order valence-electron chi connectivity index (χ2n) is 7.79. The van der Waals surface area contributed by atoms with Gasteiger partial charge in [-0.25, -0.2) is 0 Å². The molecule has 0 heterocycles. The zero-order valence-corrected chi connectivity index (χ0v) is 18.4. The maximum atomic E-state index is 10.7. The Bertz CT molecular complexity index is 968. The van der Waals surface area contributed by atoms with E-state index in [1.54, 1.807) is 0 Å². The van der Waals surface area contributed by atoms with Crippen molar-refractivity contribution in [3.63, 3.8) is 0 Å². The fourth-order valence-corrected chi connectivity index (χ4v) is 4.66. The molecule has 0 amide bonds. The highest BCUT2D eigenvalue weighted by atomic mass is 16.3. The van der Waals surface area contributed by atoms with Crippen LogP contribution in [-0.4, -0.2) is 5.11 Å². The van der Waals surface area contributed by atoms with Gasteiger partial charge in [0.15, 0.2) is 0 Å². The lowest BCUT2D eigenvalue weighted by atomic mass is 9.88. The molecule has 1 nitrogen and oxygen atoms in total. The highest BCUT2D eigenvalue weighted by Gasteiger charge is 2.14. The van der Waals surface area contributed by atoms with E-state index in [0.29, 0.717) is 5.75 Å². The fraction of sp³-hybridized carbons (Fsp3) is 0.357. The second-order valence-corrected chi connectivity index (χ2v) is 7.79. The van der Waals surface area contributed by atoms with Crippen LogP contribution < -0.4 is 0 Å². The van der Waals surface area contributed by atoms with E-state index in [0.717, 1.165) is 44.1 Å². The molecule has 152 valence electrons. The molecule has 0 fully saturated rings. The fourth-order valence-electron chi connectivity index (χ4n) is 4.66. The first-order valence-corrected chi connectivity index (χ1v) is 11.1. The summed E-state index contributed by atoms with van der Waals surface area (Å²) in [6.45, 7) is 8.92. The molecule has 3 rings (SSSR count). The molecule has 1 heteroatoms. The van der Waals surface area contributed by atoms with E-state index in [1.165, 1.54) is 38.9 Å². The third kappa shape index (κ3) is 4.56. The van der Waals surface area contributed by atoms with E-state index >= 15 is 0 Å². The summed E-state index contributed by atoms with van der Waals surface area (Å²) in [6.07, 6.45) is 5.85. The van der Waals surface area contributed by atoms with Crippen molar-refractivity contribution in [1.82, 2.24) is 0 Å². The quantitative estimate of drug-likeness (QED) is 0.450. The monoisotopic (exact) mass is 386 g/mol. The number of hydrogen-bond acceptors (Lipinski definition) is 1. The third-order valence-corrected chi connectivity index (χ3v) is 6.21. The van der Waals surface area contributed by atoms with Crippen LogP contribution in [0.15, 0.2) is 54.6 Å². The molecule has 0 saturated carbocycles. The van der Waals surface area contributed by atoms with Gasteiger partial charge in [0.2, 0.25) is 0 Å². The zero-order valence-electron chi connectivity index (χ0n) is 18.4. The van der Waals surface area contributed by atoms with Gasteiger partial charge in [0.05, 0.1) is 0 Å². The molecular formula is C28H34O. The molecule has 1 N–H and O–H groups in total. The van der Waals surface area contributed by atoms with Crippen LogP contribution in [0.3, 0.4) is 0 Å². The van der Waals surface area contributed by atoms with Crippen molar-refractivity contribution in [1.29, 1.82) is 0 Å². The van der Waals surface area contributed by atoms with Crippen molar-refractivity contribution in [2.45, 2.75) is 66.2 Å². The molecule has 0 aliphatic rings. The smallest absolute Gasteiger partial charge is 0.119 e. The van der Waals surface area contributed by atoms with Gasteiger partial charge in [-0.1, -0.05) is 76.2 Å². The lowest BCUT2D eigenvalue weighted by Crippen LogP contribution is -2.04. The molecule has 0 spiro atoms. The molecule has 0 aliphatic carbocycles. The Morgan fingerprint density at radius 1 is 0.483 bits per heavy atom.